The quantitative estimate of drug-likeness (QED) is 0.944. The maximum Gasteiger partial charge on any atom is 0.123 e. The van der Waals surface area contributed by atoms with Gasteiger partial charge in [0.1, 0.15) is 11.6 Å². The van der Waals surface area contributed by atoms with Gasteiger partial charge in [-0.2, -0.15) is 0 Å². The molecule has 0 spiro atoms. The average Bonchev–Trinajstić information content (AvgIpc) is 3.07. The fourth-order valence-corrected chi connectivity index (χ4v) is 3.20. The van der Waals surface area contributed by atoms with Crippen LogP contribution in [0.15, 0.2) is 36.7 Å². The van der Waals surface area contributed by atoms with Crippen molar-refractivity contribution in [2.24, 2.45) is 0 Å². The van der Waals surface area contributed by atoms with Gasteiger partial charge in [-0.05, 0) is 38.0 Å². The number of rotatable bonds is 4. The van der Waals surface area contributed by atoms with Gasteiger partial charge in [0.15, 0.2) is 0 Å². The molecule has 1 aromatic carbocycles. The highest BCUT2D eigenvalue weighted by atomic mass is 19.1. The Morgan fingerprint density at radius 1 is 1.32 bits per heavy atom. The summed E-state index contributed by atoms with van der Waals surface area (Å²) >= 11 is 0. The summed E-state index contributed by atoms with van der Waals surface area (Å²) in [6.07, 6.45) is 4.12. The molecule has 0 aliphatic carbocycles. The van der Waals surface area contributed by atoms with Gasteiger partial charge < -0.3 is 9.67 Å². The molecule has 1 fully saturated rings. The van der Waals surface area contributed by atoms with Gasteiger partial charge in [-0.3, -0.25) is 4.90 Å². The van der Waals surface area contributed by atoms with Gasteiger partial charge in [-0.25, -0.2) is 9.37 Å². The summed E-state index contributed by atoms with van der Waals surface area (Å²) in [4.78, 5) is 6.67. The van der Waals surface area contributed by atoms with Crippen LogP contribution in [0.3, 0.4) is 0 Å². The number of β-amino-alcohol motifs (C(OH)–C–C–N with tert-alkyl or cyclic N) is 1. The van der Waals surface area contributed by atoms with Crippen LogP contribution in [-0.4, -0.2) is 32.2 Å². The molecule has 1 aliphatic heterocycles. The SMILES string of the molecule is CC(C)n1ccnc1CN1C[C@H](O)C[C@@H]1c1ccc(F)cc1. The van der Waals surface area contributed by atoms with Crippen molar-refractivity contribution in [3.05, 3.63) is 53.9 Å². The molecule has 1 N–H and O–H groups in total. The van der Waals surface area contributed by atoms with Gasteiger partial charge in [-0.1, -0.05) is 12.1 Å². The second-order valence-electron chi connectivity index (χ2n) is 6.23. The van der Waals surface area contributed by atoms with E-state index < -0.39 is 0 Å². The van der Waals surface area contributed by atoms with Gasteiger partial charge in [0.25, 0.3) is 0 Å². The lowest BCUT2D eigenvalue weighted by molar-refractivity contribution is 0.170. The van der Waals surface area contributed by atoms with Crippen molar-refractivity contribution in [1.82, 2.24) is 14.5 Å². The van der Waals surface area contributed by atoms with Crippen LogP contribution in [0.25, 0.3) is 0 Å². The first kappa shape index (κ1) is 15.2. The second-order valence-corrected chi connectivity index (χ2v) is 6.23. The lowest BCUT2D eigenvalue weighted by atomic mass is 10.0. The largest absolute Gasteiger partial charge is 0.392 e. The van der Waals surface area contributed by atoms with Gasteiger partial charge in [0, 0.05) is 31.0 Å². The third kappa shape index (κ3) is 3.05. The number of hydrogen-bond acceptors (Lipinski definition) is 3. The van der Waals surface area contributed by atoms with Gasteiger partial charge in [-0.15, -0.1) is 0 Å². The Bertz CT molecular complexity index is 623. The zero-order valence-electron chi connectivity index (χ0n) is 13.0. The molecule has 1 saturated heterocycles. The standard InChI is InChI=1S/C17H22FN3O/c1-12(2)21-8-7-19-17(21)11-20-10-15(22)9-16(20)13-3-5-14(18)6-4-13/h3-8,12,15-16,22H,9-11H2,1-2H3/t15-,16-/m1/s1. The zero-order chi connectivity index (χ0) is 15.7. The van der Waals surface area contributed by atoms with E-state index in [1.54, 1.807) is 12.1 Å². The summed E-state index contributed by atoms with van der Waals surface area (Å²) in [5.74, 6) is 0.764. The smallest absolute Gasteiger partial charge is 0.123 e. The van der Waals surface area contributed by atoms with Crippen LogP contribution >= 0.6 is 0 Å². The molecular formula is C17H22FN3O. The molecule has 0 unspecified atom stereocenters. The molecular weight excluding hydrogens is 281 g/mol. The number of hydrogen-bond donors (Lipinski definition) is 1. The van der Waals surface area contributed by atoms with Crippen LogP contribution in [0, 0.1) is 5.82 Å². The Morgan fingerprint density at radius 3 is 2.73 bits per heavy atom. The van der Waals surface area contributed by atoms with E-state index in [0.29, 0.717) is 25.6 Å². The minimum atomic E-state index is -0.350. The predicted molar refractivity (Wildman–Crippen MR) is 82.8 cm³/mol. The molecule has 0 amide bonds. The first-order valence-corrected chi connectivity index (χ1v) is 7.74. The van der Waals surface area contributed by atoms with Gasteiger partial charge in [0.2, 0.25) is 0 Å². The second kappa shape index (κ2) is 6.18. The van der Waals surface area contributed by atoms with Crippen molar-refractivity contribution in [3.8, 4) is 0 Å². The first-order chi connectivity index (χ1) is 10.5. The number of aliphatic hydroxyl groups is 1. The van der Waals surface area contributed by atoms with E-state index in [1.807, 2.05) is 12.4 Å². The molecule has 118 valence electrons. The average molecular weight is 303 g/mol. The van der Waals surface area contributed by atoms with E-state index in [4.69, 9.17) is 0 Å². The predicted octanol–water partition coefficient (Wildman–Crippen LogP) is 2.91. The summed E-state index contributed by atoms with van der Waals surface area (Å²) < 4.78 is 15.3. The van der Waals surface area contributed by atoms with Crippen LogP contribution in [0.2, 0.25) is 0 Å². The van der Waals surface area contributed by atoms with E-state index in [9.17, 15) is 9.50 Å². The normalized spacial score (nSPS) is 22.6. The van der Waals surface area contributed by atoms with E-state index in [2.05, 4.69) is 28.3 Å². The van der Waals surface area contributed by atoms with Crippen molar-refractivity contribution in [2.75, 3.05) is 6.54 Å². The van der Waals surface area contributed by atoms with Crippen molar-refractivity contribution in [3.63, 3.8) is 0 Å². The van der Waals surface area contributed by atoms with Crippen molar-refractivity contribution >= 4 is 0 Å². The van der Waals surface area contributed by atoms with Crippen molar-refractivity contribution < 1.29 is 9.50 Å². The molecule has 2 atom stereocenters. The molecule has 22 heavy (non-hydrogen) atoms. The fourth-order valence-electron chi connectivity index (χ4n) is 3.20. The Kier molecular flexibility index (Phi) is 4.27. The van der Waals surface area contributed by atoms with E-state index in [1.165, 1.54) is 12.1 Å². The third-order valence-electron chi connectivity index (χ3n) is 4.29. The van der Waals surface area contributed by atoms with Crippen molar-refractivity contribution in [1.29, 1.82) is 0 Å². The minimum Gasteiger partial charge on any atom is -0.392 e. The summed E-state index contributed by atoms with van der Waals surface area (Å²) in [6, 6.07) is 7.03. The molecule has 2 aromatic rings. The maximum absolute atomic E-state index is 13.1. The van der Waals surface area contributed by atoms with Crippen LogP contribution in [0.5, 0.6) is 0 Å². The lowest BCUT2D eigenvalue weighted by Crippen LogP contribution is -2.26. The molecule has 2 heterocycles. The minimum absolute atomic E-state index is 0.105. The molecule has 0 radical (unpaired) electrons. The molecule has 4 nitrogen and oxygen atoms in total. The number of halogens is 1. The number of imidazole rings is 1. The molecule has 3 rings (SSSR count). The topological polar surface area (TPSA) is 41.3 Å². The summed E-state index contributed by atoms with van der Waals surface area (Å²) in [6.45, 7) is 5.56. The fraction of sp³-hybridized carbons (Fsp3) is 0.471. The lowest BCUT2D eigenvalue weighted by Gasteiger charge is -2.25. The summed E-state index contributed by atoms with van der Waals surface area (Å²) in [5, 5.41) is 10.1. The first-order valence-electron chi connectivity index (χ1n) is 7.74. The monoisotopic (exact) mass is 303 g/mol. The van der Waals surface area contributed by atoms with Crippen LogP contribution < -0.4 is 0 Å². The molecule has 0 saturated carbocycles. The molecule has 0 bridgehead atoms. The van der Waals surface area contributed by atoms with E-state index in [0.717, 1.165) is 11.4 Å². The maximum atomic E-state index is 13.1. The Morgan fingerprint density at radius 2 is 2.05 bits per heavy atom. The van der Waals surface area contributed by atoms with Gasteiger partial charge in [0.05, 0.1) is 12.6 Å². The number of nitrogens with zero attached hydrogens (tertiary/aromatic N) is 3. The third-order valence-corrected chi connectivity index (χ3v) is 4.29. The number of aromatic nitrogens is 2. The van der Waals surface area contributed by atoms with Crippen LogP contribution in [0.1, 0.15) is 43.7 Å². The molecule has 5 heteroatoms. The van der Waals surface area contributed by atoms with Crippen LogP contribution in [0.4, 0.5) is 4.39 Å². The number of aliphatic hydroxyl groups excluding tert-OH is 1. The summed E-state index contributed by atoms with van der Waals surface area (Å²) in [5.41, 5.74) is 1.04. The highest BCUT2D eigenvalue weighted by molar-refractivity contribution is 5.21. The molecule has 1 aromatic heterocycles. The van der Waals surface area contributed by atoms with Gasteiger partial charge >= 0.3 is 0 Å². The van der Waals surface area contributed by atoms with Crippen molar-refractivity contribution in [2.45, 2.75) is 45.0 Å². The summed E-state index contributed by atoms with van der Waals surface area (Å²) in [7, 11) is 0. The number of likely N-dealkylation sites (tertiary alicyclic amines) is 1. The Hall–Kier alpha value is -1.72. The molecule has 1 aliphatic rings. The Labute approximate surface area is 130 Å². The highest BCUT2D eigenvalue weighted by Gasteiger charge is 2.32. The number of benzene rings is 1. The highest BCUT2D eigenvalue weighted by Crippen LogP contribution is 2.33. The van der Waals surface area contributed by atoms with E-state index >= 15 is 0 Å². The van der Waals surface area contributed by atoms with E-state index in [-0.39, 0.29) is 18.0 Å². The zero-order valence-corrected chi connectivity index (χ0v) is 13.0. The van der Waals surface area contributed by atoms with Crippen LogP contribution in [-0.2, 0) is 6.54 Å². The Balaban J connectivity index is 1.81.